The number of rotatable bonds is 3. The van der Waals surface area contributed by atoms with Crippen molar-refractivity contribution in [2.24, 2.45) is 0 Å². The van der Waals surface area contributed by atoms with Gasteiger partial charge in [-0.05, 0) is 19.1 Å². The van der Waals surface area contributed by atoms with Gasteiger partial charge in [0.05, 0.1) is 11.5 Å². The van der Waals surface area contributed by atoms with Gasteiger partial charge in [-0.1, -0.05) is 17.7 Å². The first-order chi connectivity index (χ1) is 8.31. The van der Waals surface area contributed by atoms with Crippen molar-refractivity contribution in [3.63, 3.8) is 0 Å². The largest absolute Gasteiger partial charge is 0.306 e. The van der Waals surface area contributed by atoms with Gasteiger partial charge in [-0.25, -0.2) is 4.18 Å². The van der Waals surface area contributed by atoms with E-state index in [-0.39, 0.29) is 17.9 Å². The Balaban J connectivity index is 2.20. The van der Waals surface area contributed by atoms with E-state index in [1.807, 2.05) is 6.92 Å². The molecule has 1 aliphatic heterocycles. The van der Waals surface area contributed by atoms with E-state index < -0.39 is 26.4 Å². The third-order valence-corrected chi connectivity index (χ3v) is 5.48. The Labute approximate surface area is 107 Å². The topological polar surface area (TPSA) is 93.1 Å². The van der Waals surface area contributed by atoms with Gasteiger partial charge in [-0.3, -0.25) is 4.18 Å². The Morgan fingerprint density at radius 3 is 2.44 bits per heavy atom. The van der Waals surface area contributed by atoms with Crippen LogP contribution in [-0.4, -0.2) is 29.6 Å². The molecule has 0 aliphatic carbocycles. The summed E-state index contributed by atoms with van der Waals surface area (Å²) in [6.07, 6.45) is 0.132. The fourth-order valence-electron chi connectivity index (χ4n) is 1.50. The summed E-state index contributed by atoms with van der Waals surface area (Å²) in [5.41, 5.74) is -0.314. The van der Waals surface area contributed by atoms with Crippen LogP contribution >= 0.6 is 10.9 Å². The van der Waals surface area contributed by atoms with Crippen LogP contribution in [0.3, 0.4) is 0 Å². The maximum absolute atomic E-state index is 11.9. The van der Waals surface area contributed by atoms with Crippen molar-refractivity contribution in [1.82, 2.24) is 0 Å². The van der Waals surface area contributed by atoms with Crippen molar-refractivity contribution in [2.75, 3.05) is 6.61 Å². The second-order valence-corrected chi connectivity index (χ2v) is 7.35. The summed E-state index contributed by atoms with van der Waals surface area (Å²) < 4.78 is 52.2. The van der Waals surface area contributed by atoms with E-state index in [9.17, 15) is 17.5 Å². The summed E-state index contributed by atoms with van der Waals surface area (Å²) in [5.74, 6) is 0. The first-order valence-electron chi connectivity index (χ1n) is 5.23. The molecule has 8 heteroatoms. The normalized spacial score (nSPS) is 24.9. The lowest BCUT2D eigenvalue weighted by Gasteiger charge is -2.25. The first-order valence-corrected chi connectivity index (χ1v) is 8.17. The summed E-state index contributed by atoms with van der Waals surface area (Å²) in [4.78, 5) is -0.0183. The van der Waals surface area contributed by atoms with E-state index in [0.29, 0.717) is 0 Å². The van der Waals surface area contributed by atoms with Gasteiger partial charge in [0, 0.05) is 6.42 Å². The van der Waals surface area contributed by atoms with E-state index in [2.05, 4.69) is 4.18 Å². The second kappa shape index (κ2) is 4.80. The molecule has 1 heterocycles. The molecule has 1 atom stereocenters. The molecule has 0 spiro atoms. The molecule has 1 aliphatic rings. The minimum Gasteiger partial charge on any atom is -0.306 e. The van der Waals surface area contributed by atoms with Gasteiger partial charge in [0.25, 0.3) is 10.1 Å². The fourth-order valence-corrected chi connectivity index (χ4v) is 4.07. The number of hydrogen-bond acceptors (Lipinski definition) is 6. The molecule has 18 heavy (non-hydrogen) atoms. The van der Waals surface area contributed by atoms with Crippen LogP contribution < -0.4 is 0 Å². The number of aryl methyl sites for hydroxylation is 1. The maximum atomic E-state index is 11.9. The Kier molecular flexibility index (Phi) is 3.67. The average Bonchev–Trinajstić information content (AvgIpc) is 2.58. The Morgan fingerprint density at radius 1 is 1.33 bits per heavy atom. The zero-order chi connectivity index (χ0) is 13.4. The zero-order valence-electron chi connectivity index (χ0n) is 9.64. The van der Waals surface area contributed by atoms with Crippen LogP contribution in [0.25, 0.3) is 0 Å². The maximum Gasteiger partial charge on any atom is 0.298 e. The van der Waals surface area contributed by atoms with E-state index >= 15 is 0 Å². The molecule has 0 aromatic heterocycles. The van der Waals surface area contributed by atoms with Crippen LogP contribution in [0.2, 0.25) is 0 Å². The summed E-state index contributed by atoms with van der Waals surface area (Å²) in [7, 11) is -7.45. The zero-order valence-corrected chi connectivity index (χ0v) is 11.3. The molecule has 2 rings (SSSR count). The third-order valence-electron chi connectivity index (χ3n) is 2.50. The highest BCUT2D eigenvalue weighted by atomic mass is 32.3. The van der Waals surface area contributed by atoms with Gasteiger partial charge in [0.2, 0.25) is 0 Å². The Bertz CT molecular complexity index is 522. The molecule has 0 amide bonds. The molecule has 0 bridgehead atoms. The van der Waals surface area contributed by atoms with Gasteiger partial charge in [-0.15, -0.1) is 0 Å². The minimum atomic E-state index is -4.01. The molecule has 1 aromatic carbocycles. The van der Waals surface area contributed by atoms with Gasteiger partial charge >= 0.3 is 0 Å². The van der Waals surface area contributed by atoms with Gasteiger partial charge in [0.1, 0.15) is 10.9 Å². The molecule has 1 unspecified atom stereocenters. The predicted molar refractivity (Wildman–Crippen MR) is 66.7 cm³/mol. The SMILES string of the molecule is Cc1ccc(S(=O)(=O)OC2CCOS2(O)O)cc1. The van der Waals surface area contributed by atoms with Gasteiger partial charge in [-0.2, -0.15) is 8.42 Å². The summed E-state index contributed by atoms with van der Waals surface area (Å²) in [6, 6.07) is 6.09. The highest BCUT2D eigenvalue weighted by Crippen LogP contribution is 2.52. The highest BCUT2D eigenvalue weighted by Gasteiger charge is 2.41. The van der Waals surface area contributed by atoms with Crippen molar-refractivity contribution < 1.29 is 25.9 Å². The summed E-state index contributed by atoms with van der Waals surface area (Å²) in [6.45, 7) is 1.90. The lowest BCUT2D eigenvalue weighted by molar-refractivity contribution is 0.260. The van der Waals surface area contributed by atoms with Gasteiger partial charge < -0.3 is 9.11 Å². The monoisotopic (exact) mass is 294 g/mol. The minimum absolute atomic E-state index is 0.0183. The molecule has 1 aromatic rings. The van der Waals surface area contributed by atoms with Crippen LogP contribution in [0, 0.1) is 6.92 Å². The second-order valence-electron chi connectivity index (χ2n) is 3.94. The molecule has 1 fully saturated rings. The van der Waals surface area contributed by atoms with Crippen LogP contribution in [0.15, 0.2) is 29.2 Å². The smallest absolute Gasteiger partial charge is 0.298 e. The predicted octanol–water partition coefficient (Wildman–Crippen LogP) is 2.11. The standard InChI is InChI=1S/C10H14O6S2/c1-8-2-4-9(5-3-8)17(11,12)16-10-6-7-15-18(10,13)14/h2-5,10,13-14H,6-7H2,1H3. The lowest BCUT2D eigenvalue weighted by atomic mass is 10.2. The molecule has 2 N–H and O–H groups in total. The quantitative estimate of drug-likeness (QED) is 0.829. The van der Waals surface area contributed by atoms with Crippen LogP contribution in [-0.2, 0) is 18.5 Å². The highest BCUT2D eigenvalue weighted by molar-refractivity contribution is 8.21. The molecule has 0 radical (unpaired) electrons. The lowest BCUT2D eigenvalue weighted by Crippen LogP contribution is -2.20. The summed E-state index contributed by atoms with van der Waals surface area (Å²) in [5, 5.41) is 0. The van der Waals surface area contributed by atoms with E-state index in [1.54, 1.807) is 12.1 Å². The molecular formula is C10H14O6S2. The van der Waals surface area contributed by atoms with Crippen molar-refractivity contribution in [3.8, 4) is 0 Å². The first kappa shape index (κ1) is 13.8. The van der Waals surface area contributed by atoms with E-state index in [4.69, 9.17) is 4.18 Å². The Hall–Kier alpha value is -0.640. The summed E-state index contributed by atoms with van der Waals surface area (Å²) >= 11 is 0. The number of benzene rings is 1. The molecule has 6 nitrogen and oxygen atoms in total. The average molecular weight is 294 g/mol. The Morgan fingerprint density at radius 2 is 1.94 bits per heavy atom. The third kappa shape index (κ3) is 2.85. The van der Waals surface area contributed by atoms with Crippen molar-refractivity contribution in [2.45, 2.75) is 23.7 Å². The fraction of sp³-hybridized carbons (Fsp3) is 0.400. The van der Waals surface area contributed by atoms with Crippen LogP contribution in [0.5, 0.6) is 0 Å². The van der Waals surface area contributed by atoms with Crippen molar-refractivity contribution >= 4 is 21.0 Å². The number of hydrogen-bond donors (Lipinski definition) is 2. The van der Waals surface area contributed by atoms with Crippen molar-refractivity contribution in [3.05, 3.63) is 29.8 Å². The van der Waals surface area contributed by atoms with E-state index in [1.165, 1.54) is 12.1 Å². The van der Waals surface area contributed by atoms with Crippen molar-refractivity contribution in [1.29, 1.82) is 0 Å². The molecule has 102 valence electrons. The molecular weight excluding hydrogens is 280 g/mol. The molecule has 1 saturated heterocycles. The van der Waals surface area contributed by atoms with Gasteiger partial charge in [0.15, 0.2) is 5.44 Å². The van der Waals surface area contributed by atoms with Crippen LogP contribution in [0.1, 0.15) is 12.0 Å². The molecule has 0 saturated carbocycles. The van der Waals surface area contributed by atoms with Crippen LogP contribution in [0.4, 0.5) is 0 Å². The van der Waals surface area contributed by atoms with E-state index in [0.717, 1.165) is 5.56 Å².